The number of quaternary nitrogens is 1. The predicted octanol–water partition coefficient (Wildman–Crippen LogP) is 0.959. The molecule has 0 aromatic heterocycles. The van der Waals surface area contributed by atoms with Crippen molar-refractivity contribution in [3.63, 3.8) is 0 Å². The lowest BCUT2D eigenvalue weighted by atomic mass is 9.90. The first-order valence-corrected chi connectivity index (χ1v) is 6.16. The lowest BCUT2D eigenvalue weighted by Crippen LogP contribution is -2.47. The van der Waals surface area contributed by atoms with Gasteiger partial charge >= 0.3 is 0 Å². The molecule has 0 aromatic carbocycles. The molecule has 0 amide bonds. The molecule has 1 atom stereocenters. The van der Waals surface area contributed by atoms with E-state index < -0.39 is 7.41 Å². The molecule has 0 saturated heterocycles. The zero-order chi connectivity index (χ0) is 11.7. The number of nitriles is 1. The Hall–Kier alpha value is -0.525. The maximum atomic E-state index is 9.81. The van der Waals surface area contributed by atoms with Gasteiger partial charge in [0.05, 0.1) is 12.6 Å². The highest BCUT2D eigenvalue weighted by atomic mass is 16.3. The molecule has 0 saturated carbocycles. The van der Waals surface area contributed by atoms with E-state index >= 15 is 0 Å². The van der Waals surface area contributed by atoms with Crippen LogP contribution in [0.15, 0.2) is 0 Å². The number of hydrogen-bond acceptors (Lipinski definition) is 2. The zero-order valence-corrected chi connectivity index (χ0v) is 10.7. The van der Waals surface area contributed by atoms with Crippen LogP contribution in [0, 0.1) is 11.2 Å². The summed E-state index contributed by atoms with van der Waals surface area (Å²) in [5.74, 6) is 2.28. The smallest absolute Gasteiger partial charge is 0.281 e. The van der Waals surface area contributed by atoms with Gasteiger partial charge in [0, 0.05) is 14.1 Å². The Morgan fingerprint density at radius 2 is 2.00 bits per heavy atom. The fourth-order valence-electron chi connectivity index (χ4n) is 1.89. The van der Waals surface area contributed by atoms with Crippen LogP contribution in [-0.2, 0) is 0 Å². The first-order valence-electron chi connectivity index (χ1n) is 6.16. The minimum Gasteiger partial charge on any atom is -0.511 e. The Morgan fingerprint density at radius 3 is 2.53 bits per heavy atom. The van der Waals surface area contributed by atoms with E-state index in [4.69, 9.17) is 5.26 Å². The molecule has 0 aliphatic carbocycles. The second kappa shape index (κ2) is 7.73. The summed E-state index contributed by atoms with van der Waals surface area (Å²) in [5.41, 5.74) is 0. The van der Waals surface area contributed by atoms with Crippen molar-refractivity contribution in [3.8, 4) is 5.97 Å². The van der Waals surface area contributed by atoms with E-state index in [9.17, 15) is 5.11 Å². The molecular weight excluding hydrogens is 187 g/mol. The van der Waals surface area contributed by atoms with Crippen LogP contribution in [0.4, 0.5) is 0 Å². The third kappa shape index (κ3) is 8.47. The van der Waals surface area contributed by atoms with Gasteiger partial charge in [-0.15, -0.1) is 0 Å². The maximum absolute atomic E-state index is 9.81. The highest BCUT2D eigenvalue weighted by Gasteiger charge is 2.14. The van der Waals surface area contributed by atoms with Crippen molar-refractivity contribution in [1.82, 2.24) is 0 Å². The standard InChI is InChI=1S/C11H25BN2O/c1-4-5-6-7-8-11(15)9-14(2,3)12-10-13/h11,15H,4-9,12H2,1-3H3. The first kappa shape index (κ1) is 14.5. The highest BCUT2D eigenvalue weighted by Crippen LogP contribution is 2.08. The monoisotopic (exact) mass is 212 g/mol. The zero-order valence-electron chi connectivity index (χ0n) is 10.7. The second-order valence-electron chi connectivity index (χ2n) is 5.42. The van der Waals surface area contributed by atoms with Crippen LogP contribution in [-0.4, -0.2) is 43.7 Å². The van der Waals surface area contributed by atoms with Crippen molar-refractivity contribution >= 4 is 7.41 Å². The fourth-order valence-corrected chi connectivity index (χ4v) is 1.89. The normalized spacial score (nSPS) is 13.5. The second-order valence-corrected chi connectivity index (χ2v) is 5.42. The summed E-state index contributed by atoms with van der Waals surface area (Å²) in [6.45, 7) is 2.92. The van der Waals surface area contributed by atoms with Gasteiger partial charge in [0.2, 0.25) is 0 Å². The number of nitrogens with zero attached hydrogens (tertiary/aromatic N) is 2. The minimum absolute atomic E-state index is 0.228. The van der Waals surface area contributed by atoms with Crippen molar-refractivity contribution in [2.45, 2.75) is 45.1 Å². The summed E-state index contributed by atoms with van der Waals surface area (Å²) >= 11 is 0. The summed E-state index contributed by atoms with van der Waals surface area (Å²) in [6.07, 6.45) is 5.49. The molecule has 3 nitrogen and oxygen atoms in total. The number of aliphatic hydroxyl groups is 1. The van der Waals surface area contributed by atoms with Crippen LogP contribution in [0.2, 0.25) is 0 Å². The molecule has 0 aromatic rings. The number of hydrogen-bond donors (Lipinski definition) is 1. The molecule has 4 heteroatoms. The largest absolute Gasteiger partial charge is 0.511 e. The van der Waals surface area contributed by atoms with Gasteiger partial charge in [0.25, 0.3) is 7.41 Å². The topological polar surface area (TPSA) is 44.0 Å². The van der Waals surface area contributed by atoms with Crippen molar-refractivity contribution in [1.29, 1.82) is 5.26 Å². The van der Waals surface area contributed by atoms with Crippen LogP contribution in [0.3, 0.4) is 0 Å². The Morgan fingerprint density at radius 1 is 1.33 bits per heavy atom. The van der Waals surface area contributed by atoms with Crippen molar-refractivity contribution in [3.05, 3.63) is 0 Å². The van der Waals surface area contributed by atoms with E-state index in [0.29, 0.717) is 4.39 Å². The van der Waals surface area contributed by atoms with E-state index in [0.717, 1.165) is 19.4 Å². The quantitative estimate of drug-likeness (QED) is 0.481. The van der Waals surface area contributed by atoms with Crippen molar-refractivity contribution in [2.24, 2.45) is 0 Å². The third-order valence-electron chi connectivity index (χ3n) is 2.85. The molecule has 0 rings (SSSR count). The molecule has 15 heavy (non-hydrogen) atoms. The lowest BCUT2D eigenvalue weighted by Gasteiger charge is -2.38. The van der Waals surface area contributed by atoms with Gasteiger partial charge in [-0.05, 0) is 6.42 Å². The SMILES string of the molecule is CCCCCCC(O)C[N+](C)(C)[BH2-]C#N. The van der Waals surface area contributed by atoms with E-state index in [1.165, 1.54) is 19.3 Å². The van der Waals surface area contributed by atoms with Crippen molar-refractivity contribution in [2.75, 3.05) is 20.6 Å². The average Bonchev–Trinajstić information content (AvgIpc) is 2.11. The molecule has 0 aliphatic rings. The molecule has 1 unspecified atom stereocenters. The molecule has 0 radical (unpaired) electrons. The highest BCUT2D eigenvalue weighted by molar-refractivity contribution is 6.36. The van der Waals surface area contributed by atoms with E-state index in [-0.39, 0.29) is 6.10 Å². The summed E-state index contributed by atoms with van der Waals surface area (Å²) in [5, 5.41) is 18.5. The van der Waals surface area contributed by atoms with Crippen LogP contribution >= 0.6 is 0 Å². The number of rotatable bonds is 8. The molecule has 88 valence electrons. The Balaban J connectivity index is 3.64. The van der Waals surface area contributed by atoms with Gasteiger partial charge in [-0.1, -0.05) is 38.6 Å². The van der Waals surface area contributed by atoms with E-state index in [2.05, 4.69) is 12.9 Å². The molecule has 0 fully saturated rings. The Bertz CT molecular complexity index is 201. The molecule has 0 bridgehead atoms. The molecule has 0 aliphatic heterocycles. The minimum atomic E-state index is -0.622. The van der Waals surface area contributed by atoms with Crippen LogP contribution in [0.1, 0.15) is 39.0 Å². The molecule has 1 N–H and O–H groups in total. The van der Waals surface area contributed by atoms with E-state index in [1.807, 2.05) is 14.1 Å². The van der Waals surface area contributed by atoms with Gasteiger partial charge in [-0.25, -0.2) is 5.26 Å². The van der Waals surface area contributed by atoms with E-state index in [1.54, 1.807) is 0 Å². The molecular formula is C11H25BN2O. The lowest BCUT2D eigenvalue weighted by molar-refractivity contribution is -0.781. The molecule has 0 heterocycles. The van der Waals surface area contributed by atoms with Gasteiger partial charge < -0.3 is 9.50 Å². The van der Waals surface area contributed by atoms with Gasteiger partial charge in [-0.2, -0.15) is 0 Å². The maximum Gasteiger partial charge on any atom is 0.281 e. The van der Waals surface area contributed by atoms with Crippen LogP contribution < -0.4 is 0 Å². The predicted molar refractivity (Wildman–Crippen MR) is 65.9 cm³/mol. The van der Waals surface area contributed by atoms with Gasteiger partial charge in [0.1, 0.15) is 0 Å². The molecule has 0 spiro atoms. The van der Waals surface area contributed by atoms with Crippen molar-refractivity contribution < 1.29 is 9.50 Å². The van der Waals surface area contributed by atoms with Gasteiger partial charge in [-0.3, -0.25) is 0 Å². The number of unbranched alkanes of at least 4 members (excludes halogenated alkanes) is 3. The average molecular weight is 212 g/mol. The fraction of sp³-hybridized carbons (Fsp3) is 0.909. The summed E-state index contributed by atoms with van der Waals surface area (Å²) < 4.78 is 0.714. The van der Waals surface area contributed by atoms with Gasteiger partial charge in [0.15, 0.2) is 0 Å². The summed E-state index contributed by atoms with van der Waals surface area (Å²) in [4.78, 5) is 0. The summed E-state index contributed by atoms with van der Waals surface area (Å²) in [6, 6.07) is 0. The number of likely N-dealkylation sites (N-methyl/N-ethyl adjacent to an activating group) is 1. The van der Waals surface area contributed by atoms with Crippen LogP contribution in [0.25, 0.3) is 0 Å². The van der Waals surface area contributed by atoms with Crippen LogP contribution in [0.5, 0.6) is 0 Å². The number of aliphatic hydroxyl groups excluding tert-OH is 1. The Kier molecular flexibility index (Phi) is 7.46. The third-order valence-corrected chi connectivity index (χ3v) is 2.85. The first-order chi connectivity index (χ1) is 7.02. The summed E-state index contributed by atoms with van der Waals surface area (Å²) in [7, 11) is 3.46. The Labute approximate surface area is 94.6 Å².